The Morgan fingerprint density at radius 3 is 2.39 bits per heavy atom. The molecule has 0 heterocycles. The average Bonchev–Trinajstić information content (AvgIpc) is 3.30. The molecule has 0 spiro atoms. The van der Waals surface area contributed by atoms with Crippen molar-refractivity contribution < 1.29 is 19.1 Å². The van der Waals surface area contributed by atoms with Gasteiger partial charge in [-0.2, -0.15) is 0 Å². The third-order valence-corrected chi connectivity index (χ3v) is 3.52. The molecule has 126 valence electrons. The normalized spacial score (nSPS) is 15.3. The average molecular weight is 319 g/mol. The smallest absolute Gasteiger partial charge is 0.307 e. The number of carbonyl (C=O) groups is 2. The van der Waals surface area contributed by atoms with Crippen LogP contribution >= 0.6 is 0 Å². The van der Waals surface area contributed by atoms with Crippen LogP contribution in [-0.2, 0) is 9.53 Å². The molecule has 0 bridgehead atoms. The number of benzene rings is 1. The molecular formula is C18H25NO4. The van der Waals surface area contributed by atoms with Crippen molar-refractivity contribution in [3.63, 3.8) is 0 Å². The molecule has 1 aliphatic carbocycles. The molecule has 5 nitrogen and oxygen atoms in total. The predicted molar refractivity (Wildman–Crippen MR) is 87.7 cm³/mol. The molecule has 0 aliphatic heterocycles. The molecule has 1 saturated carbocycles. The number of Topliss-reactive ketones (excluding diaryl/α,β-unsaturated/α-hetero) is 1. The zero-order valence-corrected chi connectivity index (χ0v) is 14.0. The fourth-order valence-corrected chi connectivity index (χ4v) is 2.32. The van der Waals surface area contributed by atoms with Crippen LogP contribution in [0.1, 0.15) is 50.4 Å². The van der Waals surface area contributed by atoms with E-state index in [4.69, 9.17) is 9.47 Å². The fraction of sp³-hybridized carbons (Fsp3) is 0.556. The van der Waals surface area contributed by atoms with Crippen LogP contribution in [-0.4, -0.2) is 36.5 Å². The summed E-state index contributed by atoms with van der Waals surface area (Å²) in [7, 11) is 0. The molecule has 1 aliphatic rings. The Bertz CT molecular complexity index is 534. The lowest BCUT2D eigenvalue weighted by Crippen LogP contribution is -2.40. The minimum absolute atomic E-state index is 0.0629. The van der Waals surface area contributed by atoms with E-state index in [-0.39, 0.29) is 24.3 Å². The van der Waals surface area contributed by atoms with Crippen LogP contribution in [0.5, 0.6) is 5.75 Å². The molecule has 1 N–H and O–H groups in total. The van der Waals surface area contributed by atoms with Crippen LogP contribution in [0, 0.1) is 0 Å². The van der Waals surface area contributed by atoms with Gasteiger partial charge in [-0.1, -0.05) is 0 Å². The van der Waals surface area contributed by atoms with Gasteiger partial charge in [0.05, 0.1) is 25.2 Å². The second-order valence-electron chi connectivity index (χ2n) is 6.06. The second-order valence-corrected chi connectivity index (χ2v) is 6.06. The topological polar surface area (TPSA) is 64.6 Å². The maximum Gasteiger partial charge on any atom is 0.307 e. The summed E-state index contributed by atoms with van der Waals surface area (Å²) in [5.74, 6) is 0.299. The van der Waals surface area contributed by atoms with Gasteiger partial charge in [0, 0.05) is 11.6 Å². The molecule has 0 saturated heterocycles. The molecule has 23 heavy (non-hydrogen) atoms. The lowest BCUT2D eigenvalue weighted by molar-refractivity contribution is -0.143. The molecule has 0 aromatic heterocycles. The first-order chi connectivity index (χ1) is 11.0. The van der Waals surface area contributed by atoms with Crippen molar-refractivity contribution in [1.82, 2.24) is 5.32 Å². The van der Waals surface area contributed by atoms with Gasteiger partial charge >= 0.3 is 5.97 Å². The predicted octanol–water partition coefficient (Wildman–Crippen LogP) is 2.73. The number of ketones is 1. The SMILES string of the molecule is CCOC(=O)CC(NC1CC1)C(=O)c1ccc(OC(C)C)cc1. The standard InChI is InChI=1S/C18H25NO4/c1-4-22-17(20)11-16(19-14-7-8-14)18(21)13-5-9-15(10-6-13)23-12(2)3/h5-6,9-10,12,14,16,19H,4,7-8,11H2,1-3H3. The van der Waals surface area contributed by atoms with Crippen molar-refractivity contribution in [3.05, 3.63) is 29.8 Å². The Hall–Kier alpha value is -1.88. The van der Waals surface area contributed by atoms with Crippen molar-refractivity contribution in [2.24, 2.45) is 0 Å². The molecule has 0 radical (unpaired) electrons. The van der Waals surface area contributed by atoms with Gasteiger partial charge in [0.25, 0.3) is 0 Å². The summed E-state index contributed by atoms with van der Waals surface area (Å²) in [5, 5.41) is 3.24. The first-order valence-corrected chi connectivity index (χ1v) is 8.22. The highest BCUT2D eigenvalue weighted by molar-refractivity contribution is 6.02. The Morgan fingerprint density at radius 2 is 1.87 bits per heavy atom. The Balaban J connectivity index is 2.04. The van der Waals surface area contributed by atoms with E-state index >= 15 is 0 Å². The molecule has 1 aromatic carbocycles. The Morgan fingerprint density at radius 1 is 1.22 bits per heavy atom. The van der Waals surface area contributed by atoms with Gasteiger partial charge in [0.2, 0.25) is 0 Å². The zero-order chi connectivity index (χ0) is 16.8. The van der Waals surface area contributed by atoms with Gasteiger partial charge in [-0.25, -0.2) is 0 Å². The van der Waals surface area contributed by atoms with Crippen molar-refractivity contribution in [1.29, 1.82) is 0 Å². The third kappa shape index (κ3) is 5.67. The maximum atomic E-state index is 12.7. The van der Waals surface area contributed by atoms with Gasteiger partial charge < -0.3 is 14.8 Å². The van der Waals surface area contributed by atoms with Crippen LogP contribution in [0.25, 0.3) is 0 Å². The van der Waals surface area contributed by atoms with Crippen LogP contribution in [0.15, 0.2) is 24.3 Å². The molecule has 5 heteroatoms. The highest BCUT2D eigenvalue weighted by Gasteiger charge is 2.30. The molecule has 0 amide bonds. The number of rotatable bonds is 9. The molecular weight excluding hydrogens is 294 g/mol. The number of ether oxygens (including phenoxy) is 2. The van der Waals surface area contributed by atoms with Crippen LogP contribution in [0.3, 0.4) is 0 Å². The molecule has 1 unspecified atom stereocenters. The monoisotopic (exact) mass is 319 g/mol. The van der Waals surface area contributed by atoms with Crippen molar-refractivity contribution >= 4 is 11.8 Å². The number of esters is 1. The van der Waals surface area contributed by atoms with Crippen molar-refractivity contribution in [3.8, 4) is 5.75 Å². The van der Waals surface area contributed by atoms with Gasteiger partial charge in [0.15, 0.2) is 5.78 Å². The second kappa shape index (κ2) is 8.11. The molecule has 2 rings (SSSR count). The van der Waals surface area contributed by atoms with Crippen molar-refractivity contribution in [2.45, 2.75) is 58.2 Å². The quantitative estimate of drug-likeness (QED) is 0.560. The number of nitrogens with one attached hydrogen (secondary N) is 1. The molecule has 1 fully saturated rings. The van der Waals surface area contributed by atoms with E-state index in [9.17, 15) is 9.59 Å². The number of carbonyl (C=O) groups excluding carboxylic acids is 2. The number of hydrogen-bond donors (Lipinski definition) is 1. The van der Waals surface area contributed by atoms with Crippen LogP contribution in [0.4, 0.5) is 0 Å². The van der Waals surface area contributed by atoms with Gasteiger partial charge in [0.1, 0.15) is 5.75 Å². The first-order valence-electron chi connectivity index (χ1n) is 8.22. The largest absolute Gasteiger partial charge is 0.491 e. The van der Waals surface area contributed by atoms with E-state index in [2.05, 4.69) is 5.32 Å². The van der Waals surface area contributed by atoms with E-state index in [0.29, 0.717) is 18.2 Å². The maximum absolute atomic E-state index is 12.7. The third-order valence-electron chi connectivity index (χ3n) is 3.52. The number of hydrogen-bond acceptors (Lipinski definition) is 5. The highest BCUT2D eigenvalue weighted by atomic mass is 16.5. The Kier molecular flexibility index (Phi) is 6.16. The fourth-order valence-electron chi connectivity index (χ4n) is 2.32. The van der Waals surface area contributed by atoms with E-state index in [1.54, 1.807) is 31.2 Å². The van der Waals surface area contributed by atoms with Gasteiger partial charge in [-0.15, -0.1) is 0 Å². The lowest BCUT2D eigenvalue weighted by Gasteiger charge is -2.17. The zero-order valence-electron chi connectivity index (χ0n) is 14.0. The summed E-state index contributed by atoms with van der Waals surface area (Å²) < 4.78 is 10.6. The minimum atomic E-state index is -0.529. The molecule has 1 atom stereocenters. The van der Waals surface area contributed by atoms with E-state index in [1.165, 1.54) is 0 Å². The summed E-state index contributed by atoms with van der Waals surface area (Å²) in [6, 6.07) is 6.86. The molecule has 1 aromatic rings. The van der Waals surface area contributed by atoms with E-state index in [1.807, 2.05) is 13.8 Å². The summed E-state index contributed by atoms with van der Waals surface area (Å²) in [6.07, 6.45) is 2.25. The van der Waals surface area contributed by atoms with Crippen LogP contribution < -0.4 is 10.1 Å². The first kappa shape index (κ1) is 17.5. The van der Waals surface area contributed by atoms with Crippen molar-refractivity contribution in [2.75, 3.05) is 6.61 Å². The summed E-state index contributed by atoms with van der Waals surface area (Å²) in [4.78, 5) is 24.4. The summed E-state index contributed by atoms with van der Waals surface area (Å²) >= 11 is 0. The van der Waals surface area contributed by atoms with E-state index < -0.39 is 6.04 Å². The Labute approximate surface area is 137 Å². The van der Waals surface area contributed by atoms with Crippen LogP contribution in [0.2, 0.25) is 0 Å². The highest BCUT2D eigenvalue weighted by Crippen LogP contribution is 2.22. The minimum Gasteiger partial charge on any atom is -0.491 e. The summed E-state index contributed by atoms with van der Waals surface area (Å²) in [6.45, 7) is 5.99. The van der Waals surface area contributed by atoms with Gasteiger partial charge in [-0.05, 0) is 57.9 Å². The van der Waals surface area contributed by atoms with Gasteiger partial charge in [-0.3, -0.25) is 9.59 Å². The lowest BCUT2D eigenvalue weighted by atomic mass is 10.0. The van der Waals surface area contributed by atoms with E-state index in [0.717, 1.165) is 18.6 Å². The summed E-state index contributed by atoms with van der Waals surface area (Å²) in [5.41, 5.74) is 0.573.